The van der Waals surface area contributed by atoms with E-state index in [1.54, 1.807) is 18.2 Å². The summed E-state index contributed by atoms with van der Waals surface area (Å²) in [5.74, 6) is -1.19. The van der Waals surface area contributed by atoms with Gasteiger partial charge in [0.15, 0.2) is 29.7 Å². The quantitative estimate of drug-likeness (QED) is 0.786. The molecule has 7 heteroatoms. The molecule has 0 aliphatic rings. The Kier molecular flexibility index (Phi) is 6.56. The fourth-order valence-corrected chi connectivity index (χ4v) is 2.06. The molecule has 5 nitrogen and oxygen atoms in total. The Hall–Kier alpha value is -2.83. The number of anilines is 1. The maximum Gasteiger partial charge on any atom is 0.262 e. The molecule has 0 aromatic heterocycles. The Morgan fingerprint density at radius 3 is 2.28 bits per heavy atom. The van der Waals surface area contributed by atoms with Crippen molar-refractivity contribution < 1.29 is 27.8 Å². The average Bonchev–Trinajstić information content (AvgIpc) is 2.57. The van der Waals surface area contributed by atoms with Gasteiger partial charge in [-0.25, -0.2) is 8.78 Å². The molecule has 0 atom stereocenters. The molecule has 0 fully saturated rings. The highest BCUT2D eigenvalue weighted by Crippen LogP contribution is 2.30. The van der Waals surface area contributed by atoms with E-state index in [4.69, 9.17) is 14.2 Å². The van der Waals surface area contributed by atoms with E-state index >= 15 is 0 Å². The van der Waals surface area contributed by atoms with Crippen molar-refractivity contribution in [2.24, 2.45) is 0 Å². The van der Waals surface area contributed by atoms with E-state index in [9.17, 15) is 13.6 Å². The van der Waals surface area contributed by atoms with E-state index in [1.807, 2.05) is 13.8 Å². The SMILES string of the molecule is CCOc1ccc(NC(=O)COc2ccc(F)cc2F)cc1OCC. The van der Waals surface area contributed by atoms with Crippen molar-refractivity contribution in [1.29, 1.82) is 0 Å². The molecule has 0 bridgehead atoms. The van der Waals surface area contributed by atoms with Crippen LogP contribution in [0.1, 0.15) is 13.8 Å². The lowest BCUT2D eigenvalue weighted by Crippen LogP contribution is -2.20. The number of hydrogen-bond donors (Lipinski definition) is 1. The number of ether oxygens (including phenoxy) is 3. The molecular formula is C18H19F2NO4. The number of carbonyl (C=O) groups is 1. The van der Waals surface area contributed by atoms with Crippen LogP contribution in [0, 0.1) is 11.6 Å². The van der Waals surface area contributed by atoms with E-state index < -0.39 is 24.1 Å². The van der Waals surface area contributed by atoms with Crippen molar-refractivity contribution in [3.8, 4) is 17.2 Å². The molecule has 0 heterocycles. The van der Waals surface area contributed by atoms with Crippen LogP contribution in [-0.4, -0.2) is 25.7 Å². The second-order valence-corrected chi connectivity index (χ2v) is 4.94. The summed E-state index contributed by atoms with van der Waals surface area (Å²) in [6, 6.07) is 7.84. The minimum atomic E-state index is -0.868. The first-order valence-corrected chi connectivity index (χ1v) is 7.80. The molecule has 0 radical (unpaired) electrons. The topological polar surface area (TPSA) is 56.8 Å². The zero-order valence-electron chi connectivity index (χ0n) is 14.0. The summed E-state index contributed by atoms with van der Waals surface area (Å²) in [5.41, 5.74) is 0.486. The Balaban J connectivity index is 1.98. The molecule has 1 N–H and O–H groups in total. The van der Waals surface area contributed by atoms with E-state index in [2.05, 4.69) is 5.32 Å². The number of amides is 1. The summed E-state index contributed by atoms with van der Waals surface area (Å²) < 4.78 is 42.3. The van der Waals surface area contributed by atoms with Gasteiger partial charge in [-0.1, -0.05) is 0 Å². The summed E-state index contributed by atoms with van der Waals surface area (Å²) in [4.78, 5) is 11.9. The van der Waals surface area contributed by atoms with Gasteiger partial charge >= 0.3 is 0 Å². The van der Waals surface area contributed by atoms with Gasteiger partial charge in [0.25, 0.3) is 5.91 Å². The highest BCUT2D eigenvalue weighted by Gasteiger charge is 2.11. The second-order valence-electron chi connectivity index (χ2n) is 4.94. The van der Waals surface area contributed by atoms with Gasteiger partial charge in [-0.3, -0.25) is 4.79 Å². The smallest absolute Gasteiger partial charge is 0.262 e. The van der Waals surface area contributed by atoms with Crippen molar-refractivity contribution in [2.75, 3.05) is 25.1 Å². The van der Waals surface area contributed by atoms with Crippen LogP contribution in [0.2, 0.25) is 0 Å². The first-order valence-electron chi connectivity index (χ1n) is 7.80. The minimum Gasteiger partial charge on any atom is -0.490 e. The molecule has 0 aliphatic heterocycles. The summed E-state index contributed by atoms with van der Waals surface area (Å²) in [5, 5.41) is 2.62. The molecule has 134 valence electrons. The fourth-order valence-electron chi connectivity index (χ4n) is 2.06. The third-order valence-corrected chi connectivity index (χ3v) is 3.08. The maximum atomic E-state index is 13.5. The standard InChI is InChI=1S/C18H19F2NO4/c1-3-23-16-8-6-13(10-17(16)24-4-2)21-18(22)11-25-15-7-5-12(19)9-14(15)20/h5-10H,3-4,11H2,1-2H3,(H,21,22). The van der Waals surface area contributed by atoms with Crippen LogP contribution < -0.4 is 19.5 Å². The monoisotopic (exact) mass is 351 g/mol. The molecule has 2 aromatic rings. The van der Waals surface area contributed by atoms with E-state index in [-0.39, 0.29) is 5.75 Å². The minimum absolute atomic E-state index is 0.196. The van der Waals surface area contributed by atoms with Gasteiger partial charge in [-0.2, -0.15) is 0 Å². The van der Waals surface area contributed by atoms with Crippen molar-refractivity contribution in [3.05, 3.63) is 48.0 Å². The van der Waals surface area contributed by atoms with Gasteiger partial charge in [-0.15, -0.1) is 0 Å². The molecule has 0 aliphatic carbocycles. The summed E-state index contributed by atoms with van der Waals surface area (Å²) in [6.07, 6.45) is 0. The van der Waals surface area contributed by atoms with E-state index in [0.29, 0.717) is 36.5 Å². The number of benzene rings is 2. The van der Waals surface area contributed by atoms with Gasteiger partial charge < -0.3 is 19.5 Å². The van der Waals surface area contributed by atoms with Crippen molar-refractivity contribution in [3.63, 3.8) is 0 Å². The van der Waals surface area contributed by atoms with Gasteiger partial charge in [0.2, 0.25) is 0 Å². The zero-order valence-corrected chi connectivity index (χ0v) is 14.0. The number of halogens is 2. The van der Waals surface area contributed by atoms with Crippen LogP contribution in [0.5, 0.6) is 17.2 Å². The summed E-state index contributed by atoms with van der Waals surface area (Å²) in [6.45, 7) is 4.22. The lowest BCUT2D eigenvalue weighted by atomic mass is 10.2. The maximum absolute atomic E-state index is 13.5. The van der Waals surface area contributed by atoms with Crippen molar-refractivity contribution in [2.45, 2.75) is 13.8 Å². The normalized spacial score (nSPS) is 10.2. The predicted octanol–water partition coefficient (Wildman–Crippen LogP) is 3.78. The van der Waals surface area contributed by atoms with Gasteiger partial charge in [0.05, 0.1) is 13.2 Å². The predicted molar refractivity (Wildman–Crippen MR) is 89.3 cm³/mol. The van der Waals surface area contributed by atoms with Crippen LogP contribution in [0.25, 0.3) is 0 Å². The molecule has 2 aromatic carbocycles. The van der Waals surface area contributed by atoms with Crippen LogP contribution in [0.3, 0.4) is 0 Å². The van der Waals surface area contributed by atoms with Crippen molar-refractivity contribution in [1.82, 2.24) is 0 Å². The second kappa shape index (κ2) is 8.86. The van der Waals surface area contributed by atoms with Crippen molar-refractivity contribution >= 4 is 11.6 Å². The van der Waals surface area contributed by atoms with Gasteiger partial charge in [-0.05, 0) is 38.1 Å². The molecule has 0 saturated carbocycles. The molecule has 25 heavy (non-hydrogen) atoms. The third kappa shape index (κ3) is 5.34. The van der Waals surface area contributed by atoms with Crippen LogP contribution in [0.15, 0.2) is 36.4 Å². The zero-order chi connectivity index (χ0) is 18.2. The lowest BCUT2D eigenvalue weighted by Gasteiger charge is -2.13. The summed E-state index contributed by atoms with van der Waals surface area (Å²) in [7, 11) is 0. The number of rotatable bonds is 8. The molecule has 2 rings (SSSR count). The summed E-state index contributed by atoms with van der Waals surface area (Å²) >= 11 is 0. The number of hydrogen-bond acceptors (Lipinski definition) is 4. The van der Waals surface area contributed by atoms with Crippen LogP contribution in [-0.2, 0) is 4.79 Å². The fraction of sp³-hybridized carbons (Fsp3) is 0.278. The Labute approximate surface area is 144 Å². The molecular weight excluding hydrogens is 332 g/mol. The first kappa shape index (κ1) is 18.5. The lowest BCUT2D eigenvalue weighted by molar-refractivity contribution is -0.118. The molecule has 0 saturated heterocycles. The molecule has 0 spiro atoms. The number of nitrogens with one attached hydrogen (secondary N) is 1. The van der Waals surface area contributed by atoms with E-state index in [0.717, 1.165) is 12.1 Å². The Morgan fingerprint density at radius 2 is 1.60 bits per heavy atom. The first-order chi connectivity index (χ1) is 12.0. The van der Waals surface area contributed by atoms with Crippen LogP contribution >= 0.6 is 0 Å². The average molecular weight is 351 g/mol. The largest absolute Gasteiger partial charge is 0.490 e. The highest BCUT2D eigenvalue weighted by molar-refractivity contribution is 5.92. The Bertz CT molecular complexity index is 737. The third-order valence-electron chi connectivity index (χ3n) is 3.08. The van der Waals surface area contributed by atoms with Gasteiger partial charge in [0.1, 0.15) is 5.82 Å². The van der Waals surface area contributed by atoms with E-state index in [1.165, 1.54) is 0 Å². The number of carbonyl (C=O) groups excluding carboxylic acids is 1. The van der Waals surface area contributed by atoms with Gasteiger partial charge in [0, 0.05) is 17.8 Å². The van der Waals surface area contributed by atoms with Crippen LogP contribution in [0.4, 0.5) is 14.5 Å². The molecule has 1 amide bonds. The Morgan fingerprint density at radius 1 is 0.920 bits per heavy atom. The molecule has 0 unspecified atom stereocenters. The highest BCUT2D eigenvalue weighted by atomic mass is 19.1.